The highest BCUT2D eigenvalue weighted by atomic mass is 19.4. The van der Waals surface area contributed by atoms with E-state index in [0.29, 0.717) is 25.7 Å². The Labute approximate surface area is 113 Å². The number of nitrogens with two attached hydrogens (primary N) is 1. The predicted octanol–water partition coefficient (Wildman–Crippen LogP) is 2.40. The van der Waals surface area contributed by atoms with Gasteiger partial charge in [0, 0.05) is 19.2 Å². The van der Waals surface area contributed by atoms with E-state index in [1.165, 1.54) is 6.07 Å². The van der Waals surface area contributed by atoms with Crippen LogP contribution in [0.4, 0.5) is 24.5 Å². The monoisotopic (exact) mass is 289 g/mol. The molecule has 1 atom stereocenters. The van der Waals surface area contributed by atoms with Crippen molar-refractivity contribution in [2.24, 2.45) is 11.7 Å². The van der Waals surface area contributed by atoms with Gasteiger partial charge in [-0.15, -0.1) is 0 Å². The first-order valence-electron chi connectivity index (χ1n) is 6.13. The molecule has 0 bridgehead atoms. The molecule has 5 nitrogen and oxygen atoms in total. The standard InChI is InChI=1S/C12H14F3N3O2/c13-12(14,15)9-1-2-10(11(5-9)18(19)20)17-4-3-8(6-16)7-17/h1-2,5,8H,3-4,6-7,16H2. The Bertz CT molecular complexity index is 519. The number of nitro benzene ring substituents is 1. The first-order chi connectivity index (χ1) is 9.32. The highest BCUT2D eigenvalue weighted by Gasteiger charge is 2.34. The van der Waals surface area contributed by atoms with Crippen molar-refractivity contribution >= 4 is 11.4 Å². The second-order valence-corrected chi connectivity index (χ2v) is 4.79. The van der Waals surface area contributed by atoms with Crippen LogP contribution in [0.3, 0.4) is 0 Å². The summed E-state index contributed by atoms with van der Waals surface area (Å²) in [4.78, 5) is 11.9. The summed E-state index contributed by atoms with van der Waals surface area (Å²) in [6, 6.07) is 2.63. The van der Waals surface area contributed by atoms with E-state index >= 15 is 0 Å². The van der Waals surface area contributed by atoms with Gasteiger partial charge in [0.1, 0.15) is 5.69 Å². The number of rotatable bonds is 3. The lowest BCUT2D eigenvalue weighted by Gasteiger charge is -2.19. The third-order valence-corrected chi connectivity index (χ3v) is 3.46. The van der Waals surface area contributed by atoms with Crippen LogP contribution < -0.4 is 10.6 Å². The Kier molecular flexibility index (Phi) is 3.85. The molecule has 0 aromatic heterocycles. The zero-order valence-electron chi connectivity index (χ0n) is 10.6. The fraction of sp³-hybridized carbons (Fsp3) is 0.500. The van der Waals surface area contributed by atoms with E-state index in [0.717, 1.165) is 12.5 Å². The number of alkyl halides is 3. The van der Waals surface area contributed by atoms with Crippen LogP contribution in [0.1, 0.15) is 12.0 Å². The number of halogens is 3. The summed E-state index contributed by atoms with van der Waals surface area (Å²) in [5.41, 5.74) is 4.24. The molecule has 1 heterocycles. The topological polar surface area (TPSA) is 72.4 Å². The molecule has 1 aliphatic rings. The zero-order chi connectivity index (χ0) is 14.9. The fourth-order valence-corrected chi connectivity index (χ4v) is 2.36. The first-order valence-corrected chi connectivity index (χ1v) is 6.13. The van der Waals surface area contributed by atoms with Crippen LogP contribution >= 0.6 is 0 Å². The van der Waals surface area contributed by atoms with Gasteiger partial charge in [0.25, 0.3) is 5.69 Å². The summed E-state index contributed by atoms with van der Waals surface area (Å²) in [7, 11) is 0. The lowest BCUT2D eigenvalue weighted by molar-refractivity contribution is -0.384. The van der Waals surface area contributed by atoms with E-state index in [4.69, 9.17) is 5.73 Å². The van der Waals surface area contributed by atoms with Crippen LogP contribution in [0.25, 0.3) is 0 Å². The van der Waals surface area contributed by atoms with Gasteiger partial charge >= 0.3 is 6.18 Å². The van der Waals surface area contributed by atoms with Crippen molar-refractivity contribution in [1.29, 1.82) is 0 Å². The van der Waals surface area contributed by atoms with Crippen molar-refractivity contribution in [3.05, 3.63) is 33.9 Å². The van der Waals surface area contributed by atoms with Crippen molar-refractivity contribution < 1.29 is 18.1 Å². The summed E-state index contributed by atoms with van der Waals surface area (Å²) in [6.45, 7) is 1.56. The number of benzene rings is 1. The fourth-order valence-electron chi connectivity index (χ4n) is 2.36. The molecule has 1 fully saturated rings. The van der Waals surface area contributed by atoms with Crippen LogP contribution in [0.2, 0.25) is 0 Å². The normalized spacial score (nSPS) is 19.4. The van der Waals surface area contributed by atoms with E-state index in [1.807, 2.05) is 0 Å². The van der Waals surface area contributed by atoms with Crippen molar-refractivity contribution in [2.75, 3.05) is 24.5 Å². The minimum atomic E-state index is -4.59. The Morgan fingerprint density at radius 2 is 2.15 bits per heavy atom. The van der Waals surface area contributed by atoms with E-state index in [2.05, 4.69) is 0 Å². The number of anilines is 1. The van der Waals surface area contributed by atoms with Crippen LogP contribution in [-0.2, 0) is 6.18 Å². The molecule has 0 saturated carbocycles. The van der Waals surface area contributed by atoms with Gasteiger partial charge in [0.15, 0.2) is 0 Å². The second kappa shape index (κ2) is 5.28. The van der Waals surface area contributed by atoms with E-state index in [9.17, 15) is 23.3 Å². The SMILES string of the molecule is NCC1CCN(c2ccc(C(F)(F)F)cc2[N+](=O)[O-])C1. The summed E-state index contributed by atoms with van der Waals surface area (Å²) >= 11 is 0. The summed E-state index contributed by atoms with van der Waals surface area (Å²) in [5.74, 6) is 0.219. The van der Waals surface area contributed by atoms with Crippen LogP contribution in [0, 0.1) is 16.0 Å². The molecule has 0 amide bonds. The molecule has 2 rings (SSSR count). The van der Waals surface area contributed by atoms with Gasteiger partial charge in [-0.05, 0) is 31.0 Å². The molecule has 0 radical (unpaired) electrons. The smallest absolute Gasteiger partial charge is 0.366 e. The van der Waals surface area contributed by atoms with E-state index in [-0.39, 0.29) is 11.6 Å². The molecule has 20 heavy (non-hydrogen) atoms. The number of hydrogen-bond acceptors (Lipinski definition) is 4. The minimum Gasteiger partial charge on any atom is -0.366 e. The molecular formula is C12H14F3N3O2. The molecule has 110 valence electrons. The van der Waals surface area contributed by atoms with Gasteiger partial charge in [0.05, 0.1) is 10.5 Å². The minimum absolute atomic E-state index is 0.219. The summed E-state index contributed by atoms with van der Waals surface area (Å²) < 4.78 is 37.8. The van der Waals surface area contributed by atoms with Gasteiger partial charge in [-0.25, -0.2) is 0 Å². The Balaban J connectivity index is 2.36. The Morgan fingerprint density at radius 3 is 2.65 bits per heavy atom. The summed E-state index contributed by atoms with van der Waals surface area (Å²) in [5, 5.41) is 11.0. The molecule has 8 heteroatoms. The van der Waals surface area contributed by atoms with Gasteiger partial charge in [0.2, 0.25) is 0 Å². The molecular weight excluding hydrogens is 275 g/mol. The zero-order valence-corrected chi connectivity index (χ0v) is 10.6. The number of hydrogen-bond donors (Lipinski definition) is 1. The molecule has 0 aliphatic carbocycles. The number of nitro groups is 1. The third kappa shape index (κ3) is 2.84. The first kappa shape index (κ1) is 14.6. The molecule has 1 aromatic carbocycles. The van der Waals surface area contributed by atoms with E-state index in [1.54, 1.807) is 4.90 Å². The second-order valence-electron chi connectivity index (χ2n) is 4.79. The molecule has 1 saturated heterocycles. The molecule has 0 spiro atoms. The van der Waals surface area contributed by atoms with Crippen molar-refractivity contribution in [3.8, 4) is 0 Å². The Hall–Kier alpha value is -1.83. The van der Waals surface area contributed by atoms with E-state index < -0.39 is 22.4 Å². The average Bonchev–Trinajstić information content (AvgIpc) is 2.85. The molecule has 1 aliphatic heterocycles. The maximum Gasteiger partial charge on any atom is 0.416 e. The third-order valence-electron chi connectivity index (χ3n) is 3.46. The quantitative estimate of drug-likeness (QED) is 0.685. The average molecular weight is 289 g/mol. The van der Waals surface area contributed by atoms with Gasteiger partial charge in [-0.3, -0.25) is 10.1 Å². The van der Waals surface area contributed by atoms with Crippen LogP contribution in [-0.4, -0.2) is 24.6 Å². The maximum atomic E-state index is 12.6. The van der Waals surface area contributed by atoms with Crippen molar-refractivity contribution in [3.63, 3.8) is 0 Å². The predicted molar refractivity (Wildman–Crippen MR) is 67.5 cm³/mol. The lowest BCUT2D eigenvalue weighted by atomic mass is 10.1. The summed E-state index contributed by atoms with van der Waals surface area (Å²) in [6.07, 6.45) is -3.80. The van der Waals surface area contributed by atoms with Gasteiger partial charge in [-0.1, -0.05) is 0 Å². The number of nitrogens with zero attached hydrogens (tertiary/aromatic N) is 2. The highest BCUT2D eigenvalue weighted by molar-refractivity contribution is 5.65. The van der Waals surface area contributed by atoms with Crippen LogP contribution in [0.15, 0.2) is 18.2 Å². The molecule has 2 N–H and O–H groups in total. The van der Waals surface area contributed by atoms with Gasteiger partial charge < -0.3 is 10.6 Å². The molecule has 1 aromatic rings. The van der Waals surface area contributed by atoms with Crippen LogP contribution in [0.5, 0.6) is 0 Å². The molecule has 1 unspecified atom stereocenters. The lowest BCUT2D eigenvalue weighted by Crippen LogP contribution is -2.23. The maximum absolute atomic E-state index is 12.6. The van der Waals surface area contributed by atoms with Gasteiger partial charge in [-0.2, -0.15) is 13.2 Å². The van der Waals surface area contributed by atoms with Crippen molar-refractivity contribution in [1.82, 2.24) is 0 Å². The van der Waals surface area contributed by atoms with Crippen molar-refractivity contribution in [2.45, 2.75) is 12.6 Å². The largest absolute Gasteiger partial charge is 0.416 e. The highest BCUT2D eigenvalue weighted by Crippen LogP contribution is 2.37. The Morgan fingerprint density at radius 1 is 1.45 bits per heavy atom.